The van der Waals surface area contributed by atoms with Crippen LogP contribution >= 0.6 is 22.9 Å². The van der Waals surface area contributed by atoms with E-state index in [1.165, 1.54) is 0 Å². The topological polar surface area (TPSA) is 50.9 Å². The van der Waals surface area contributed by atoms with E-state index in [1.807, 2.05) is 31.3 Å². The van der Waals surface area contributed by atoms with E-state index >= 15 is 0 Å². The standard InChI is InChI=1S/C11H12ClN3S/c1-7-14-5-8(16-7)6-15-11-9(12)3-2-4-10(11)13/h2-5,15H,6,13H2,1H3. The summed E-state index contributed by atoms with van der Waals surface area (Å²) in [5.41, 5.74) is 7.28. The molecule has 16 heavy (non-hydrogen) atoms. The van der Waals surface area contributed by atoms with Gasteiger partial charge in [0.15, 0.2) is 0 Å². The van der Waals surface area contributed by atoms with Crippen LogP contribution in [-0.2, 0) is 6.54 Å². The third kappa shape index (κ3) is 2.46. The molecule has 0 saturated heterocycles. The predicted octanol–water partition coefficient (Wildman–Crippen LogP) is 3.30. The molecule has 1 heterocycles. The zero-order valence-electron chi connectivity index (χ0n) is 8.83. The molecule has 0 aliphatic carbocycles. The van der Waals surface area contributed by atoms with Gasteiger partial charge in [-0.1, -0.05) is 17.7 Å². The maximum atomic E-state index is 6.05. The minimum Gasteiger partial charge on any atom is -0.397 e. The molecule has 0 aliphatic rings. The van der Waals surface area contributed by atoms with Gasteiger partial charge in [0.25, 0.3) is 0 Å². The van der Waals surface area contributed by atoms with Crippen molar-refractivity contribution < 1.29 is 0 Å². The lowest BCUT2D eigenvalue weighted by atomic mass is 10.2. The van der Waals surface area contributed by atoms with Crippen LogP contribution in [0, 0.1) is 6.92 Å². The molecule has 0 bridgehead atoms. The van der Waals surface area contributed by atoms with Crippen LogP contribution in [0.1, 0.15) is 9.88 Å². The van der Waals surface area contributed by atoms with Crippen molar-refractivity contribution in [2.75, 3.05) is 11.1 Å². The molecule has 0 saturated carbocycles. The van der Waals surface area contributed by atoms with Crippen LogP contribution in [0.2, 0.25) is 5.02 Å². The number of nitrogen functional groups attached to an aromatic ring is 1. The molecule has 0 radical (unpaired) electrons. The fourth-order valence-electron chi connectivity index (χ4n) is 1.39. The third-order valence-electron chi connectivity index (χ3n) is 2.15. The van der Waals surface area contributed by atoms with Crippen LogP contribution in [0.4, 0.5) is 11.4 Å². The van der Waals surface area contributed by atoms with E-state index in [4.69, 9.17) is 17.3 Å². The largest absolute Gasteiger partial charge is 0.397 e. The highest BCUT2D eigenvalue weighted by Crippen LogP contribution is 2.28. The SMILES string of the molecule is Cc1ncc(CNc2c(N)cccc2Cl)s1. The quantitative estimate of drug-likeness (QED) is 0.826. The van der Waals surface area contributed by atoms with E-state index in [2.05, 4.69) is 10.3 Å². The number of hydrogen-bond donors (Lipinski definition) is 2. The van der Waals surface area contributed by atoms with E-state index in [0.29, 0.717) is 17.3 Å². The minimum atomic E-state index is 0.640. The van der Waals surface area contributed by atoms with Crippen LogP contribution in [-0.4, -0.2) is 4.98 Å². The second kappa shape index (κ2) is 4.72. The van der Waals surface area contributed by atoms with Crippen molar-refractivity contribution in [1.82, 2.24) is 4.98 Å². The Morgan fingerprint density at radius 1 is 1.50 bits per heavy atom. The summed E-state index contributed by atoms with van der Waals surface area (Å²) < 4.78 is 0. The maximum Gasteiger partial charge on any atom is 0.0897 e. The van der Waals surface area contributed by atoms with Crippen molar-refractivity contribution in [2.45, 2.75) is 13.5 Å². The lowest BCUT2D eigenvalue weighted by Gasteiger charge is -2.09. The monoisotopic (exact) mass is 253 g/mol. The number of para-hydroxylation sites is 1. The van der Waals surface area contributed by atoms with E-state index in [-0.39, 0.29) is 0 Å². The molecule has 3 N–H and O–H groups in total. The fourth-order valence-corrected chi connectivity index (χ4v) is 2.37. The van der Waals surface area contributed by atoms with Gasteiger partial charge in [0.05, 0.1) is 27.9 Å². The number of aromatic nitrogens is 1. The van der Waals surface area contributed by atoms with Crippen molar-refractivity contribution in [3.05, 3.63) is 39.3 Å². The number of nitrogens with two attached hydrogens (primary N) is 1. The molecule has 0 aliphatic heterocycles. The molecule has 5 heteroatoms. The molecule has 2 rings (SSSR count). The van der Waals surface area contributed by atoms with Gasteiger partial charge in [-0.05, 0) is 19.1 Å². The van der Waals surface area contributed by atoms with Crippen molar-refractivity contribution in [2.24, 2.45) is 0 Å². The van der Waals surface area contributed by atoms with Crippen LogP contribution in [0.25, 0.3) is 0 Å². The molecule has 0 unspecified atom stereocenters. The Morgan fingerprint density at radius 2 is 2.31 bits per heavy atom. The second-order valence-electron chi connectivity index (χ2n) is 3.40. The number of benzene rings is 1. The summed E-state index contributed by atoms with van der Waals surface area (Å²) >= 11 is 7.71. The molecule has 1 aromatic carbocycles. The normalized spacial score (nSPS) is 10.4. The Balaban J connectivity index is 2.10. The van der Waals surface area contributed by atoms with Crippen LogP contribution in [0.5, 0.6) is 0 Å². The molecule has 3 nitrogen and oxygen atoms in total. The van der Waals surface area contributed by atoms with Gasteiger partial charge in [-0.2, -0.15) is 0 Å². The van der Waals surface area contributed by atoms with Crippen molar-refractivity contribution in [3.8, 4) is 0 Å². The molecule has 2 aromatic rings. The molecule has 1 aromatic heterocycles. The molecule has 84 valence electrons. The number of nitrogens with zero attached hydrogens (tertiary/aromatic N) is 1. The van der Waals surface area contributed by atoms with Gasteiger partial charge in [0, 0.05) is 11.1 Å². The van der Waals surface area contributed by atoms with Gasteiger partial charge in [-0.15, -0.1) is 11.3 Å². The van der Waals surface area contributed by atoms with Crippen LogP contribution in [0.15, 0.2) is 24.4 Å². The molecular formula is C11H12ClN3S. The molecular weight excluding hydrogens is 242 g/mol. The zero-order chi connectivity index (χ0) is 11.5. The summed E-state index contributed by atoms with van der Waals surface area (Å²) in [5.74, 6) is 0. The number of anilines is 2. The van der Waals surface area contributed by atoms with Gasteiger partial charge >= 0.3 is 0 Å². The number of aryl methyl sites for hydroxylation is 1. The first kappa shape index (κ1) is 11.2. The lowest BCUT2D eigenvalue weighted by molar-refractivity contribution is 1.17. The van der Waals surface area contributed by atoms with E-state index in [9.17, 15) is 0 Å². The van der Waals surface area contributed by atoms with Gasteiger partial charge in [-0.25, -0.2) is 4.98 Å². The Bertz CT molecular complexity index is 475. The first-order valence-corrected chi connectivity index (χ1v) is 6.05. The van der Waals surface area contributed by atoms with Gasteiger partial charge in [0.2, 0.25) is 0 Å². The maximum absolute atomic E-state index is 6.05. The highest BCUT2D eigenvalue weighted by Gasteiger charge is 2.04. The van der Waals surface area contributed by atoms with Gasteiger partial charge < -0.3 is 11.1 Å². The zero-order valence-corrected chi connectivity index (χ0v) is 10.4. The Hall–Kier alpha value is -1.26. The lowest BCUT2D eigenvalue weighted by Crippen LogP contribution is -2.01. The predicted molar refractivity (Wildman–Crippen MR) is 70.0 cm³/mol. The minimum absolute atomic E-state index is 0.640. The number of rotatable bonds is 3. The molecule has 0 spiro atoms. The van der Waals surface area contributed by atoms with E-state index < -0.39 is 0 Å². The third-order valence-corrected chi connectivity index (χ3v) is 3.38. The number of nitrogens with one attached hydrogen (secondary N) is 1. The van der Waals surface area contributed by atoms with Crippen molar-refractivity contribution in [1.29, 1.82) is 0 Å². The summed E-state index contributed by atoms with van der Waals surface area (Å²) in [4.78, 5) is 5.35. The average Bonchev–Trinajstić information content (AvgIpc) is 2.63. The Labute approximate surface area is 103 Å². The summed E-state index contributed by atoms with van der Waals surface area (Å²) in [6, 6.07) is 5.48. The molecule has 0 amide bonds. The Morgan fingerprint density at radius 3 is 2.94 bits per heavy atom. The number of halogens is 1. The average molecular weight is 254 g/mol. The summed E-state index contributed by atoms with van der Waals surface area (Å²) in [7, 11) is 0. The summed E-state index contributed by atoms with van der Waals surface area (Å²) in [6.07, 6.45) is 1.86. The first-order valence-electron chi connectivity index (χ1n) is 4.86. The van der Waals surface area contributed by atoms with Gasteiger partial charge in [-0.3, -0.25) is 0 Å². The van der Waals surface area contributed by atoms with Crippen molar-refractivity contribution in [3.63, 3.8) is 0 Å². The second-order valence-corrected chi connectivity index (χ2v) is 5.13. The Kier molecular flexibility index (Phi) is 3.31. The summed E-state index contributed by atoms with van der Waals surface area (Å²) in [5, 5.41) is 4.92. The van der Waals surface area contributed by atoms with Crippen LogP contribution in [0.3, 0.4) is 0 Å². The number of thiazole rings is 1. The number of hydrogen-bond acceptors (Lipinski definition) is 4. The fraction of sp³-hybridized carbons (Fsp3) is 0.182. The molecule has 0 fully saturated rings. The van der Waals surface area contributed by atoms with E-state index in [1.54, 1.807) is 11.3 Å². The molecule has 0 atom stereocenters. The van der Waals surface area contributed by atoms with E-state index in [0.717, 1.165) is 15.6 Å². The highest BCUT2D eigenvalue weighted by molar-refractivity contribution is 7.11. The smallest absolute Gasteiger partial charge is 0.0897 e. The van der Waals surface area contributed by atoms with Crippen LogP contribution < -0.4 is 11.1 Å². The first-order chi connectivity index (χ1) is 7.66. The summed E-state index contributed by atoms with van der Waals surface area (Å²) in [6.45, 7) is 2.68. The highest BCUT2D eigenvalue weighted by atomic mass is 35.5. The van der Waals surface area contributed by atoms with Gasteiger partial charge in [0.1, 0.15) is 0 Å². The van der Waals surface area contributed by atoms with Crippen molar-refractivity contribution >= 4 is 34.3 Å².